The van der Waals surface area contributed by atoms with Crippen LogP contribution in [-0.2, 0) is 0 Å². The van der Waals surface area contributed by atoms with Gasteiger partial charge in [-0.15, -0.1) is 0 Å². The number of hydrogen-bond donors (Lipinski definition) is 0. The minimum Gasteiger partial charge on any atom is -0.496 e. The second-order valence-corrected chi connectivity index (χ2v) is 5.56. The first-order valence-corrected chi connectivity index (χ1v) is 7.65. The number of methoxy groups -OCH3 is 4. The van der Waals surface area contributed by atoms with Crippen LogP contribution >= 0.6 is 0 Å². The van der Waals surface area contributed by atoms with Crippen LogP contribution in [0.5, 0.6) is 23.0 Å². The Balaban J connectivity index is 1.89. The van der Waals surface area contributed by atoms with Gasteiger partial charge in [0, 0.05) is 0 Å². The number of aliphatic imine (C=N–C) groups is 1. The molecule has 3 rings (SSSR count). The van der Waals surface area contributed by atoms with Crippen LogP contribution in [0.1, 0.15) is 22.7 Å². The maximum Gasteiger partial charge on any atom is 0.203 e. The first-order chi connectivity index (χ1) is 11.6. The average molecular weight is 327 g/mol. The van der Waals surface area contributed by atoms with Crippen molar-refractivity contribution in [2.45, 2.75) is 13.0 Å². The molecule has 0 spiro atoms. The molecule has 24 heavy (non-hydrogen) atoms. The van der Waals surface area contributed by atoms with Crippen LogP contribution < -0.4 is 18.9 Å². The Labute approximate surface area is 141 Å². The summed E-state index contributed by atoms with van der Waals surface area (Å²) in [6.45, 7) is 2.03. The second kappa shape index (κ2) is 6.43. The van der Waals surface area contributed by atoms with Crippen molar-refractivity contribution in [1.29, 1.82) is 0 Å². The van der Waals surface area contributed by atoms with Crippen molar-refractivity contribution in [2.24, 2.45) is 4.99 Å². The lowest BCUT2D eigenvalue weighted by molar-refractivity contribution is 0.324. The van der Waals surface area contributed by atoms with E-state index in [0.29, 0.717) is 17.2 Å². The SMILES string of the molecule is COc1ccc(C2=NC2c2cc(OC)c(OC)c(OC)c2)cc1C. The average Bonchev–Trinajstić information content (AvgIpc) is 3.41. The number of benzene rings is 2. The Kier molecular flexibility index (Phi) is 4.34. The van der Waals surface area contributed by atoms with Gasteiger partial charge in [0.15, 0.2) is 11.5 Å². The first kappa shape index (κ1) is 16.2. The molecule has 1 atom stereocenters. The van der Waals surface area contributed by atoms with Gasteiger partial charge in [0.1, 0.15) is 11.8 Å². The number of ether oxygens (including phenoxy) is 4. The maximum atomic E-state index is 5.42. The summed E-state index contributed by atoms with van der Waals surface area (Å²) >= 11 is 0. The molecule has 0 radical (unpaired) electrons. The minimum absolute atomic E-state index is 0.0199. The fourth-order valence-electron chi connectivity index (χ4n) is 2.86. The molecule has 0 saturated carbocycles. The zero-order chi connectivity index (χ0) is 17.3. The van der Waals surface area contributed by atoms with Crippen LogP contribution in [0, 0.1) is 6.92 Å². The van der Waals surface area contributed by atoms with E-state index in [-0.39, 0.29) is 6.04 Å². The van der Waals surface area contributed by atoms with E-state index in [1.54, 1.807) is 28.4 Å². The van der Waals surface area contributed by atoms with Gasteiger partial charge < -0.3 is 18.9 Å². The van der Waals surface area contributed by atoms with E-state index < -0.39 is 0 Å². The third kappa shape index (κ3) is 2.77. The monoisotopic (exact) mass is 327 g/mol. The highest BCUT2D eigenvalue weighted by molar-refractivity contribution is 6.14. The largest absolute Gasteiger partial charge is 0.496 e. The van der Waals surface area contributed by atoms with E-state index in [1.807, 2.05) is 31.2 Å². The lowest BCUT2D eigenvalue weighted by Gasteiger charge is -2.13. The van der Waals surface area contributed by atoms with Crippen LogP contribution in [0.25, 0.3) is 0 Å². The van der Waals surface area contributed by atoms with Crippen molar-refractivity contribution in [2.75, 3.05) is 28.4 Å². The highest BCUT2D eigenvalue weighted by Gasteiger charge is 2.32. The van der Waals surface area contributed by atoms with Crippen molar-refractivity contribution >= 4 is 5.71 Å². The quantitative estimate of drug-likeness (QED) is 0.814. The molecular formula is C19H21NO4. The van der Waals surface area contributed by atoms with Gasteiger partial charge >= 0.3 is 0 Å². The Hall–Kier alpha value is -2.69. The lowest BCUT2D eigenvalue weighted by atomic mass is 10.0. The molecule has 2 aromatic rings. The molecule has 126 valence electrons. The molecule has 0 N–H and O–H groups in total. The summed E-state index contributed by atoms with van der Waals surface area (Å²) in [4.78, 5) is 4.62. The van der Waals surface area contributed by atoms with Crippen LogP contribution in [0.3, 0.4) is 0 Å². The fourth-order valence-corrected chi connectivity index (χ4v) is 2.86. The molecule has 0 aliphatic carbocycles. The van der Waals surface area contributed by atoms with Crippen LogP contribution in [0.4, 0.5) is 0 Å². The molecule has 5 heteroatoms. The Morgan fingerprint density at radius 1 is 0.792 bits per heavy atom. The van der Waals surface area contributed by atoms with Gasteiger partial charge in [-0.3, -0.25) is 4.99 Å². The van der Waals surface area contributed by atoms with E-state index in [1.165, 1.54) is 0 Å². The summed E-state index contributed by atoms with van der Waals surface area (Å²) in [5, 5.41) is 0. The molecule has 1 unspecified atom stereocenters. The zero-order valence-electron chi connectivity index (χ0n) is 14.5. The number of rotatable bonds is 6. The van der Waals surface area contributed by atoms with Gasteiger partial charge in [-0.05, 0) is 53.9 Å². The standard InChI is InChI=1S/C19H21NO4/c1-11-8-12(6-7-14(11)21-2)17-18(20-17)13-9-15(22-3)19(24-5)16(10-13)23-4/h6-10,18H,1-5H3. The third-order valence-electron chi connectivity index (χ3n) is 4.15. The zero-order valence-corrected chi connectivity index (χ0v) is 14.5. The maximum absolute atomic E-state index is 5.42. The smallest absolute Gasteiger partial charge is 0.203 e. The number of nitrogens with zero attached hydrogens (tertiary/aromatic N) is 1. The summed E-state index contributed by atoms with van der Waals surface area (Å²) in [5.41, 5.74) is 4.27. The van der Waals surface area contributed by atoms with Crippen molar-refractivity contribution in [1.82, 2.24) is 0 Å². The Bertz CT molecular complexity index is 773. The van der Waals surface area contributed by atoms with Crippen molar-refractivity contribution in [3.05, 3.63) is 47.0 Å². The highest BCUT2D eigenvalue weighted by atomic mass is 16.5. The molecule has 2 aromatic carbocycles. The Morgan fingerprint density at radius 2 is 1.42 bits per heavy atom. The molecule has 0 aromatic heterocycles. The van der Waals surface area contributed by atoms with Gasteiger partial charge in [0.25, 0.3) is 0 Å². The molecule has 1 aliphatic heterocycles. The minimum atomic E-state index is 0.0199. The van der Waals surface area contributed by atoms with E-state index in [0.717, 1.165) is 28.2 Å². The normalized spacial score (nSPS) is 15.5. The van der Waals surface area contributed by atoms with Crippen LogP contribution in [-0.4, -0.2) is 34.2 Å². The summed E-state index contributed by atoms with van der Waals surface area (Å²) in [6.07, 6.45) is 0. The van der Waals surface area contributed by atoms with Crippen LogP contribution in [0.15, 0.2) is 35.3 Å². The summed E-state index contributed by atoms with van der Waals surface area (Å²) in [7, 11) is 6.50. The third-order valence-corrected chi connectivity index (χ3v) is 4.15. The molecule has 1 heterocycles. The summed E-state index contributed by atoms with van der Waals surface area (Å²) in [6, 6.07) is 10.00. The first-order valence-electron chi connectivity index (χ1n) is 7.65. The van der Waals surface area contributed by atoms with Crippen molar-refractivity contribution in [3.8, 4) is 23.0 Å². The molecule has 5 nitrogen and oxygen atoms in total. The molecule has 0 bridgehead atoms. The summed E-state index contributed by atoms with van der Waals surface area (Å²) in [5.74, 6) is 2.74. The van der Waals surface area contributed by atoms with Gasteiger partial charge in [-0.1, -0.05) is 0 Å². The molecular weight excluding hydrogens is 306 g/mol. The van der Waals surface area contributed by atoms with Gasteiger partial charge in [0.05, 0.1) is 34.2 Å². The van der Waals surface area contributed by atoms with E-state index in [4.69, 9.17) is 18.9 Å². The van der Waals surface area contributed by atoms with Gasteiger partial charge in [-0.25, -0.2) is 0 Å². The van der Waals surface area contributed by atoms with Crippen molar-refractivity contribution < 1.29 is 18.9 Å². The van der Waals surface area contributed by atoms with E-state index in [2.05, 4.69) is 11.1 Å². The molecule has 0 fully saturated rings. The fraction of sp³-hybridized carbons (Fsp3) is 0.316. The van der Waals surface area contributed by atoms with E-state index in [9.17, 15) is 0 Å². The molecule has 1 aliphatic rings. The number of hydrogen-bond acceptors (Lipinski definition) is 5. The summed E-state index contributed by atoms with van der Waals surface area (Å²) < 4.78 is 21.5. The van der Waals surface area contributed by atoms with Gasteiger partial charge in [0.2, 0.25) is 5.75 Å². The lowest BCUT2D eigenvalue weighted by Crippen LogP contribution is -1.99. The predicted molar refractivity (Wildman–Crippen MR) is 93.1 cm³/mol. The van der Waals surface area contributed by atoms with Gasteiger partial charge in [-0.2, -0.15) is 0 Å². The predicted octanol–water partition coefficient (Wildman–Crippen LogP) is 3.57. The van der Waals surface area contributed by atoms with Crippen molar-refractivity contribution in [3.63, 3.8) is 0 Å². The van der Waals surface area contributed by atoms with Crippen LogP contribution in [0.2, 0.25) is 0 Å². The Morgan fingerprint density at radius 3 is 1.92 bits per heavy atom. The topological polar surface area (TPSA) is 49.3 Å². The highest BCUT2D eigenvalue weighted by Crippen LogP contribution is 2.44. The molecule has 0 saturated heterocycles. The number of aryl methyl sites for hydroxylation is 1. The van der Waals surface area contributed by atoms with E-state index >= 15 is 0 Å². The second-order valence-electron chi connectivity index (χ2n) is 5.56. The molecule has 0 amide bonds.